The Morgan fingerprint density at radius 1 is 1.14 bits per heavy atom. The van der Waals surface area contributed by atoms with Gasteiger partial charge in [-0.1, -0.05) is 0 Å². The van der Waals surface area contributed by atoms with Crippen LogP contribution >= 0.6 is 8.44 Å². The van der Waals surface area contributed by atoms with Crippen LogP contribution in [0.5, 0.6) is 0 Å². The molecular weight excluding hydrogens is 278 g/mol. The van der Waals surface area contributed by atoms with E-state index in [1.165, 1.54) is 10.0 Å². The molecule has 0 bridgehead atoms. The zero-order valence-electron chi connectivity index (χ0n) is 7.34. The molecule has 2 unspecified atom stereocenters. The van der Waals surface area contributed by atoms with E-state index in [1.807, 2.05) is 24.3 Å². The fraction of sp³-hybridized carbons (Fsp3) is 0. The fourth-order valence-corrected chi connectivity index (χ4v) is 3.61. The Labute approximate surface area is 93.7 Å². The van der Waals surface area contributed by atoms with E-state index in [0.29, 0.717) is 14.5 Å². The van der Waals surface area contributed by atoms with Gasteiger partial charge in [0.25, 0.3) is 0 Å². The second-order valence-electron chi connectivity index (χ2n) is 2.80. The van der Waals surface area contributed by atoms with Crippen LogP contribution in [0.15, 0.2) is 46.2 Å². The van der Waals surface area contributed by atoms with E-state index >= 15 is 0 Å². The van der Waals surface area contributed by atoms with E-state index in [1.54, 1.807) is 0 Å². The first-order valence-electron chi connectivity index (χ1n) is 4.07. The van der Waals surface area contributed by atoms with Crippen molar-refractivity contribution in [2.45, 2.75) is 4.90 Å². The van der Waals surface area contributed by atoms with E-state index in [4.69, 9.17) is 0 Å². The maximum atomic E-state index is 11.1. The molecule has 1 nitrogen and oxygen atoms in total. The quantitative estimate of drug-likeness (QED) is 0.612. The van der Waals surface area contributed by atoms with Crippen LogP contribution in [0.4, 0.5) is 0 Å². The molecule has 72 valence electrons. The van der Waals surface area contributed by atoms with Gasteiger partial charge in [0.15, 0.2) is 0 Å². The Morgan fingerprint density at radius 3 is 2.36 bits per heavy atom. The van der Waals surface area contributed by atoms with Gasteiger partial charge in [0.2, 0.25) is 0 Å². The molecule has 2 atom stereocenters. The van der Waals surface area contributed by atoms with Crippen molar-refractivity contribution in [3.05, 3.63) is 41.3 Å². The molecule has 2 aromatic rings. The molecule has 1 aromatic carbocycles. The van der Waals surface area contributed by atoms with Gasteiger partial charge in [0.1, 0.15) is 0 Å². The van der Waals surface area contributed by atoms with E-state index in [2.05, 4.69) is 25.5 Å². The van der Waals surface area contributed by atoms with Gasteiger partial charge >= 0.3 is 93.8 Å². The molecule has 1 heterocycles. The second-order valence-corrected chi connectivity index (χ2v) is 7.14. The van der Waals surface area contributed by atoms with E-state index in [0.717, 1.165) is 4.90 Å². The van der Waals surface area contributed by atoms with Gasteiger partial charge in [0, 0.05) is 0 Å². The molecule has 4 heteroatoms. The summed E-state index contributed by atoms with van der Waals surface area (Å²) in [5.41, 5.74) is 1.24. The second kappa shape index (κ2) is 4.55. The van der Waals surface area contributed by atoms with E-state index < -0.39 is 10.4 Å². The molecule has 0 aliphatic rings. The van der Waals surface area contributed by atoms with E-state index in [-0.39, 0.29) is 0 Å². The summed E-state index contributed by atoms with van der Waals surface area (Å²) < 4.78 is 12.5. The SMILES string of the molecule is O=S(P)c1ccc(-c2ccc[se]2)cc1. The average molecular weight is 287 g/mol. The molecular formula is C10H9OPSSe. The van der Waals surface area contributed by atoms with Crippen molar-refractivity contribution in [1.29, 1.82) is 0 Å². The van der Waals surface area contributed by atoms with Crippen LogP contribution in [0.1, 0.15) is 0 Å². The van der Waals surface area contributed by atoms with Crippen LogP contribution in [0.2, 0.25) is 0 Å². The van der Waals surface area contributed by atoms with Crippen LogP contribution in [-0.4, -0.2) is 18.7 Å². The van der Waals surface area contributed by atoms with Crippen LogP contribution in [-0.2, 0) is 10.4 Å². The summed E-state index contributed by atoms with van der Waals surface area (Å²) >= 11 is 0.474. The first-order valence-corrected chi connectivity index (χ1v) is 8.55. The topological polar surface area (TPSA) is 17.1 Å². The van der Waals surface area contributed by atoms with Gasteiger partial charge < -0.3 is 0 Å². The third-order valence-electron chi connectivity index (χ3n) is 1.89. The number of rotatable bonds is 2. The molecule has 0 saturated carbocycles. The van der Waals surface area contributed by atoms with E-state index in [9.17, 15) is 4.21 Å². The first kappa shape index (κ1) is 10.3. The number of hydrogen-bond acceptors (Lipinski definition) is 1. The maximum absolute atomic E-state index is 11.1. The number of benzene rings is 1. The molecule has 2 rings (SSSR count). The van der Waals surface area contributed by atoms with Gasteiger partial charge in [-0.05, 0) is 0 Å². The Balaban J connectivity index is 2.36. The van der Waals surface area contributed by atoms with Gasteiger partial charge in [-0.15, -0.1) is 0 Å². The molecule has 0 aliphatic heterocycles. The summed E-state index contributed by atoms with van der Waals surface area (Å²) in [7, 11) is 1.35. The third kappa shape index (κ3) is 2.24. The minimum absolute atomic E-state index is 0.474. The van der Waals surface area contributed by atoms with Crippen molar-refractivity contribution < 1.29 is 4.21 Å². The first-order chi connectivity index (χ1) is 6.77. The average Bonchev–Trinajstić information content (AvgIpc) is 2.71. The predicted octanol–water partition coefficient (Wildman–Crippen LogP) is 2.31. The molecule has 0 fully saturated rings. The van der Waals surface area contributed by atoms with Gasteiger partial charge in [-0.3, -0.25) is 0 Å². The Kier molecular flexibility index (Phi) is 3.35. The molecule has 0 aliphatic carbocycles. The summed E-state index contributed by atoms with van der Waals surface area (Å²) in [6.45, 7) is 0. The normalized spacial score (nSPS) is 12.6. The zero-order chi connectivity index (χ0) is 9.97. The standard InChI is InChI=1S/C10H9OPSSe/c11-13(12)9-5-3-8(4-6-9)10-2-1-7-14-10/h1-7H,12H2. The molecule has 0 spiro atoms. The minimum atomic E-state index is -0.952. The molecule has 14 heavy (non-hydrogen) atoms. The summed E-state index contributed by atoms with van der Waals surface area (Å²) in [6, 6.07) is 12.2. The van der Waals surface area contributed by atoms with Crippen molar-refractivity contribution in [2.75, 3.05) is 0 Å². The van der Waals surface area contributed by atoms with Gasteiger partial charge in [-0.2, -0.15) is 0 Å². The fourth-order valence-electron chi connectivity index (χ4n) is 1.20. The molecule has 1 aromatic heterocycles. The van der Waals surface area contributed by atoms with Crippen molar-refractivity contribution in [1.82, 2.24) is 0 Å². The van der Waals surface area contributed by atoms with Crippen molar-refractivity contribution >= 4 is 33.4 Å². The Hall–Kier alpha value is -0.201. The number of hydrogen-bond donors (Lipinski definition) is 0. The van der Waals surface area contributed by atoms with Gasteiger partial charge in [0.05, 0.1) is 0 Å². The third-order valence-corrected chi connectivity index (χ3v) is 5.37. The molecule has 0 amide bonds. The molecule has 0 saturated heterocycles. The Morgan fingerprint density at radius 2 is 1.86 bits per heavy atom. The summed E-state index contributed by atoms with van der Waals surface area (Å²) in [5.74, 6) is 0. The monoisotopic (exact) mass is 288 g/mol. The van der Waals surface area contributed by atoms with Crippen molar-refractivity contribution in [3.63, 3.8) is 0 Å². The van der Waals surface area contributed by atoms with Crippen LogP contribution < -0.4 is 0 Å². The van der Waals surface area contributed by atoms with Crippen LogP contribution in [0.3, 0.4) is 0 Å². The van der Waals surface area contributed by atoms with Crippen molar-refractivity contribution in [3.8, 4) is 10.0 Å². The summed E-state index contributed by atoms with van der Waals surface area (Å²) in [5, 5.41) is 0. The van der Waals surface area contributed by atoms with Crippen LogP contribution in [0.25, 0.3) is 10.0 Å². The van der Waals surface area contributed by atoms with Crippen molar-refractivity contribution in [2.24, 2.45) is 0 Å². The molecule has 0 radical (unpaired) electrons. The summed E-state index contributed by atoms with van der Waals surface area (Å²) in [4.78, 5) is 3.06. The Bertz CT molecular complexity index is 436. The zero-order valence-corrected chi connectivity index (χ0v) is 11.0. The predicted molar refractivity (Wildman–Crippen MR) is 64.9 cm³/mol. The summed E-state index contributed by atoms with van der Waals surface area (Å²) in [6.07, 6.45) is 0. The van der Waals surface area contributed by atoms with Crippen LogP contribution in [0, 0.1) is 0 Å². The van der Waals surface area contributed by atoms with Gasteiger partial charge in [-0.25, -0.2) is 0 Å². The molecule has 0 N–H and O–H groups in total.